The van der Waals surface area contributed by atoms with E-state index in [2.05, 4.69) is 99.9 Å². The number of aliphatic imine (C=N–C) groups is 1. The maximum atomic E-state index is 4.68. The predicted octanol–water partition coefficient (Wildman–Crippen LogP) is 8.18. The van der Waals surface area contributed by atoms with Crippen LogP contribution in [0.25, 0.3) is 0 Å². The van der Waals surface area contributed by atoms with Crippen LogP contribution in [0.2, 0.25) is 0 Å². The molecule has 0 saturated carbocycles. The Balaban J connectivity index is 3.35. The van der Waals surface area contributed by atoms with Gasteiger partial charge >= 0.3 is 0 Å². The molecule has 0 radical (unpaired) electrons. The molecule has 1 heterocycles. The van der Waals surface area contributed by atoms with E-state index >= 15 is 0 Å². The molecule has 0 aliphatic rings. The molecule has 0 N–H and O–H groups in total. The molecular formula is C29H41N3. The normalized spacial score (nSPS) is 15.9. The van der Waals surface area contributed by atoms with Gasteiger partial charge in [-0.1, -0.05) is 75.5 Å². The van der Waals surface area contributed by atoms with Crippen LogP contribution in [0.3, 0.4) is 0 Å². The first-order chi connectivity index (χ1) is 15.4. The van der Waals surface area contributed by atoms with Gasteiger partial charge in [0.05, 0.1) is 6.04 Å². The average molecular weight is 432 g/mol. The van der Waals surface area contributed by atoms with Gasteiger partial charge in [0.1, 0.15) is 0 Å². The smallest absolute Gasteiger partial charge is 0.0752 e. The summed E-state index contributed by atoms with van der Waals surface area (Å²) in [5.41, 5.74) is 4.78. The SMILES string of the molecule is C=C/C=C\C=C/C(C)/C(=C/C=C(\C)N(c1ccncc1[C@@H](C)N=CCC)C(C)C=C)CC. The lowest BCUT2D eigenvalue weighted by Crippen LogP contribution is -2.30. The van der Waals surface area contributed by atoms with Gasteiger partial charge < -0.3 is 4.90 Å². The first-order valence-corrected chi connectivity index (χ1v) is 11.6. The number of nitrogens with zero attached hydrogens (tertiary/aromatic N) is 3. The van der Waals surface area contributed by atoms with Crippen LogP contribution in [0.1, 0.15) is 66.0 Å². The van der Waals surface area contributed by atoms with Crippen LogP contribution in [0, 0.1) is 5.92 Å². The maximum absolute atomic E-state index is 4.68. The number of pyridine rings is 1. The van der Waals surface area contributed by atoms with Crippen molar-refractivity contribution >= 4 is 11.9 Å². The van der Waals surface area contributed by atoms with Gasteiger partial charge in [-0.05, 0) is 57.9 Å². The molecule has 3 atom stereocenters. The van der Waals surface area contributed by atoms with Gasteiger partial charge in [0.2, 0.25) is 0 Å². The summed E-state index contributed by atoms with van der Waals surface area (Å²) in [6.45, 7) is 20.7. The van der Waals surface area contributed by atoms with Gasteiger partial charge in [0.15, 0.2) is 0 Å². The van der Waals surface area contributed by atoms with Crippen LogP contribution in [-0.4, -0.2) is 17.2 Å². The molecule has 2 unspecified atom stereocenters. The number of aromatic nitrogens is 1. The van der Waals surface area contributed by atoms with Crippen LogP contribution < -0.4 is 4.90 Å². The minimum atomic E-state index is 0.0430. The van der Waals surface area contributed by atoms with Gasteiger partial charge in [0, 0.05) is 35.4 Å². The quantitative estimate of drug-likeness (QED) is 0.179. The van der Waals surface area contributed by atoms with Crippen molar-refractivity contribution in [1.29, 1.82) is 0 Å². The zero-order chi connectivity index (χ0) is 23.9. The predicted molar refractivity (Wildman–Crippen MR) is 143 cm³/mol. The van der Waals surface area contributed by atoms with Crippen LogP contribution >= 0.6 is 0 Å². The Kier molecular flexibility index (Phi) is 12.7. The molecule has 0 spiro atoms. The summed E-state index contributed by atoms with van der Waals surface area (Å²) in [6.07, 6.45) is 24.2. The second-order valence-electron chi connectivity index (χ2n) is 7.89. The highest BCUT2D eigenvalue weighted by atomic mass is 15.2. The second kappa shape index (κ2) is 15.0. The molecule has 1 aromatic heterocycles. The summed E-state index contributed by atoms with van der Waals surface area (Å²) in [6, 6.07) is 2.25. The standard InChI is InChI=1S/C29H41N3/c1-9-13-14-15-16-23(5)27(12-4)18-17-25(7)32(24(6)11-3)29-19-21-30-22-28(29)26(8)31-20-10-2/h9,11,13-24,26H,1,3,10,12H2,2,4-8H3/b14-13-,16-15-,25-17+,27-18+,31-20?/t23?,24?,26-/m1/s1. The van der Waals surface area contributed by atoms with Gasteiger partial charge in [0.25, 0.3) is 0 Å². The number of hydrogen-bond donors (Lipinski definition) is 0. The van der Waals surface area contributed by atoms with E-state index in [0.717, 1.165) is 29.8 Å². The maximum Gasteiger partial charge on any atom is 0.0752 e. The van der Waals surface area contributed by atoms with E-state index in [1.165, 1.54) is 5.57 Å². The molecular weight excluding hydrogens is 390 g/mol. The van der Waals surface area contributed by atoms with E-state index in [-0.39, 0.29) is 12.1 Å². The highest BCUT2D eigenvalue weighted by Crippen LogP contribution is 2.32. The molecule has 3 heteroatoms. The summed E-state index contributed by atoms with van der Waals surface area (Å²) >= 11 is 0. The zero-order valence-electron chi connectivity index (χ0n) is 20.8. The minimum absolute atomic E-state index is 0.0430. The monoisotopic (exact) mass is 431 g/mol. The van der Waals surface area contributed by atoms with Gasteiger partial charge in [-0.3, -0.25) is 9.98 Å². The van der Waals surface area contributed by atoms with Crippen LogP contribution in [0.4, 0.5) is 5.69 Å². The zero-order valence-corrected chi connectivity index (χ0v) is 20.8. The van der Waals surface area contributed by atoms with Crippen molar-refractivity contribution in [3.63, 3.8) is 0 Å². The van der Waals surface area contributed by atoms with Crippen molar-refractivity contribution in [3.05, 3.63) is 97.1 Å². The molecule has 3 nitrogen and oxygen atoms in total. The van der Waals surface area contributed by atoms with E-state index < -0.39 is 0 Å². The number of anilines is 1. The van der Waals surface area contributed by atoms with Crippen molar-refractivity contribution in [2.75, 3.05) is 4.90 Å². The molecule has 1 aromatic rings. The molecule has 0 saturated heterocycles. The Morgan fingerprint density at radius 2 is 1.88 bits per heavy atom. The Morgan fingerprint density at radius 1 is 1.12 bits per heavy atom. The summed E-state index contributed by atoms with van der Waals surface area (Å²) in [5.74, 6) is 0.365. The Labute approximate surface area is 196 Å². The van der Waals surface area contributed by atoms with Crippen LogP contribution in [0.15, 0.2) is 96.5 Å². The third kappa shape index (κ3) is 8.30. The average Bonchev–Trinajstić information content (AvgIpc) is 2.80. The summed E-state index contributed by atoms with van der Waals surface area (Å²) in [7, 11) is 0. The van der Waals surface area contributed by atoms with E-state index in [1.54, 1.807) is 6.08 Å². The van der Waals surface area contributed by atoms with Crippen molar-refractivity contribution in [2.45, 2.75) is 66.5 Å². The highest BCUT2D eigenvalue weighted by Gasteiger charge is 2.19. The summed E-state index contributed by atoms with van der Waals surface area (Å²) in [5, 5.41) is 0. The van der Waals surface area contributed by atoms with Gasteiger partial charge in [-0.25, -0.2) is 0 Å². The molecule has 172 valence electrons. The lowest BCUT2D eigenvalue weighted by molar-refractivity contribution is 0.772. The molecule has 1 rings (SSSR count). The lowest BCUT2D eigenvalue weighted by atomic mass is 9.97. The third-order valence-corrected chi connectivity index (χ3v) is 5.47. The fourth-order valence-electron chi connectivity index (χ4n) is 3.52. The number of allylic oxidation sites excluding steroid dienone is 9. The lowest BCUT2D eigenvalue weighted by Gasteiger charge is -2.32. The van der Waals surface area contributed by atoms with E-state index in [4.69, 9.17) is 0 Å². The van der Waals surface area contributed by atoms with Gasteiger partial charge in [-0.15, -0.1) is 6.58 Å². The fourth-order valence-corrected chi connectivity index (χ4v) is 3.52. The van der Waals surface area contributed by atoms with E-state index in [9.17, 15) is 0 Å². The van der Waals surface area contributed by atoms with Crippen molar-refractivity contribution < 1.29 is 0 Å². The first kappa shape index (κ1) is 27.1. The van der Waals surface area contributed by atoms with Crippen LogP contribution in [0.5, 0.6) is 0 Å². The van der Waals surface area contributed by atoms with Crippen LogP contribution in [-0.2, 0) is 0 Å². The van der Waals surface area contributed by atoms with E-state index in [1.807, 2.05) is 36.8 Å². The Hall–Kier alpha value is -2.94. The Bertz CT molecular complexity index is 870. The van der Waals surface area contributed by atoms with Crippen molar-refractivity contribution in [2.24, 2.45) is 10.9 Å². The molecule has 0 aliphatic heterocycles. The summed E-state index contributed by atoms with van der Waals surface area (Å²) < 4.78 is 0. The molecule has 0 fully saturated rings. The fraction of sp³-hybridized carbons (Fsp3) is 0.379. The topological polar surface area (TPSA) is 28.5 Å². The molecule has 0 aromatic carbocycles. The molecule has 0 amide bonds. The third-order valence-electron chi connectivity index (χ3n) is 5.47. The largest absolute Gasteiger partial charge is 0.338 e. The molecule has 0 aliphatic carbocycles. The van der Waals surface area contributed by atoms with Crippen molar-refractivity contribution in [1.82, 2.24) is 4.98 Å². The molecule has 32 heavy (non-hydrogen) atoms. The van der Waals surface area contributed by atoms with Gasteiger partial charge in [-0.2, -0.15) is 0 Å². The second-order valence-corrected chi connectivity index (χ2v) is 7.89. The molecule has 0 bridgehead atoms. The Morgan fingerprint density at radius 3 is 2.50 bits per heavy atom. The first-order valence-electron chi connectivity index (χ1n) is 11.6. The van der Waals surface area contributed by atoms with Crippen molar-refractivity contribution in [3.8, 4) is 0 Å². The highest BCUT2D eigenvalue weighted by molar-refractivity contribution is 5.62. The number of hydrogen-bond acceptors (Lipinski definition) is 3. The van der Waals surface area contributed by atoms with E-state index in [0.29, 0.717) is 5.92 Å². The number of rotatable bonds is 13. The summed E-state index contributed by atoms with van der Waals surface area (Å²) in [4.78, 5) is 11.4. The minimum Gasteiger partial charge on any atom is -0.338 e.